The highest BCUT2D eigenvalue weighted by Crippen LogP contribution is 2.54. The fourth-order valence-electron chi connectivity index (χ4n) is 2.74. The molecule has 37 heavy (non-hydrogen) atoms. The zero-order chi connectivity index (χ0) is 28.7. The summed E-state index contributed by atoms with van der Waals surface area (Å²) in [5.74, 6) is 0. The summed E-state index contributed by atoms with van der Waals surface area (Å²) < 4.78 is 28.2. The van der Waals surface area contributed by atoms with E-state index >= 15 is 0 Å². The predicted octanol–water partition coefficient (Wildman–Crippen LogP) is 11.5. The van der Waals surface area contributed by atoms with Gasteiger partial charge < -0.3 is 0 Å². The van der Waals surface area contributed by atoms with Crippen LogP contribution in [0.1, 0.15) is 5.56 Å². The van der Waals surface area contributed by atoms with Crippen molar-refractivity contribution in [1.82, 2.24) is 0 Å². The van der Waals surface area contributed by atoms with Gasteiger partial charge in [-0.1, -0.05) is 170 Å². The molecule has 0 saturated heterocycles. The minimum absolute atomic E-state index is 0.0267. The molecule has 0 unspecified atom stereocenters. The van der Waals surface area contributed by atoms with Crippen molar-refractivity contribution in [2.45, 2.75) is 20.5 Å². The maximum atomic E-state index is 11.1. The van der Waals surface area contributed by atoms with Gasteiger partial charge in [-0.25, -0.2) is 0 Å². The Labute approximate surface area is 273 Å². The summed E-state index contributed by atoms with van der Waals surface area (Å²) >= 11 is 67.6. The molecule has 2 aromatic rings. The molecule has 0 bridgehead atoms. The summed E-state index contributed by atoms with van der Waals surface area (Å²) in [6, 6.07) is 10.7. The largest absolute Gasteiger partial charge is 0.294 e. The maximum Gasteiger partial charge on any atom is 0.294 e. The molecule has 0 heterocycles. The molecule has 0 atom stereocenters. The topological polar surface area (TPSA) is 54.4 Å². The molecule has 0 amide bonds. The van der Waals surface area contributed by atoms with E-state index < -0.39 is 18.8 Å². The molecule has 0 aromatic heterocycles. The van der Waals surface area contributed by atoms with E-state index in [2.05, 4.69) is 0 Å². The lowest BCUT2D eigenvalue weighted by Gasteiger charge is -2.11. The highest BCUT2D eigenvalue weighted by Gasteiger charge is 2.43. The van der Waals surface area contributed by atoms with Gasteiger partial charge in [-0.2, -0.15) is 8.42 Å². The average molecular weight is 768 g/mol. The molecule has 0 aliphatic heterocycles. The second kappa shape index (κ2) is 12.9. The van der Waals surface area contributed by atoms with Gasteiger partial charge in [0, 0.05) is 0 Å². The number of benzene rings is 2. The number of hydrogen-bond donors (Lipinski definition) is 1. The van der Waals surface area contributed by atoms with Crippen LogP contribution in [-0.2, 0) is 10.1 Å². The first-order valence-corrected chi connectivity index (χ1v) is 15.2. The van der Waals surface area contributed by atoms with Crippen LogP contribution in [0.4, 0.5) is 0 Å². The van der Waals surface area contributed by atoms with Crippen LogP contribution in [0.15, 0.2) is 81.6 Å². The van der Waals surface area contributed by atoms with Gasteiger partial charge >= 0.3 is 0 Å². The Morgan fingerprint density at radius 1 is 0.622 bits per heavy atom. The van der Waals surface area contributed by atoms with Crippen molar-refractivity contribution in [3.05, 3.63) is 82.2 Å². The van der Waals surface area contributed by atoms with E-state index in [9.17, 15) is 8.42 Å². The normalized spacial score (nSPS) is 18.8. The monoisotopic (exact) mass is 762 g/mol. The third-order valence-corrected chi connectivity index (χ3v) is 11.8. The van der Waals surface area contributed by atoms with E-state index in [1.807, 2.05) is 24.3 Å². The molecule has 3 nitrogen and oxygen atoms in total. The first kappa shape index (κ1) is 34.3. The van der Waals surface area contributed by atoms with Crippen LogP contribution in [-0.4, -0.2) is 21.6 Å². The van der Waals surface area contributed by atoms with Crippen LogP contribution in [0.5, 0.6) is 0 Å². The van der Waals surface area contributed by atoms with E-state index in [-0.39, 0.29) is 45.2 Å². The first-order chi connectivity index (χ1) is 16.8. The quantitative estimate of drug-likeness (QED) is 0.232. The van der Waals surface area contributed by atoms with E-state index in [1.54, 1.807) is 13.0 Å². The molecule has 1 N–H and O–H groups in total. The lowest BCUT2D eigenvalue weighted by Crippen LogP contribution is -2.09. The fourth-order valence-corrected chi connectivity index (χ4v) is 6.62. The van der Waals surface area contributed by atoms with Crippen LogP contribution < -0.4 is 0 Å². The van der Waals surface area contributed by atoms with Gasteiger partial charge in [-0.15, -0.1) is 0 Å². The Morgan fingerprint density at radius 3 is 1.16 bits per heavy atom. The highest BCUT2D eigenvalue weighted by molar-refractivity contribution is 7.85. The van der Waals surface area contributed by atoms with Crippen molar-refractivity contribution in [3.8, 4) is 0 Å². The van der Waals surface area contributed by atoms with E-state index in [1.165, 1.54) is 6.07 Å². The van der Waals surface area contributed by atoms with Gasteiger partial charge in [0.15, 0.2) is 8.67 Å². The van der Waals surface area contributed by atoms with E-state index in [0.717, 1.165) is 10.8 Å². The summed E-state index contributed by atoms with van der Waals surface area (Å²) in [5, 5.41) is 2.32. The Balaban J connectivity index is 0.000000199. The molecule has 0 radical (unpaired) electrons. The summed E-state index contributed by atoms with van der Waals surface area (Å²) in [6.07, 6.45) is 0. The Kier molecular flexibility index (Phi) is 12.0. The molecular weight excluding hydrogens is 758 g/mol. The molecule has 2 aliphatic rings. The molecule has 0 spiro atoms. The van der Waals surface area contributed by atoms with Crippen LogP contribution in [0.25, 0.3) is 10.8 Å². The minimum atomic E-state index is -4.12. The number of allylic oxidation sites excluding steroid dienone is 8. The number of alkyl halides is 4. The molecule has 2 aromatic carbocycles. The van der Waals surface area contributed by atoms with Gasteiger partial charge in [0.05, 0.1) is 45.2 Å². The van der Waals surface area contributed by atoms with Gasteiger partial charge in [-0.3, -0.25) is 4.55 Å². The molecule has 2 aliphatic carbocycles. The number of fused-ring (bicyclic) bond motifs is 1. The van der Waals surface area contributed by atoms with Crippen LogP contribution in [0, 0.1) is 6.92 Å². The van der Waals surface area contributed by atoms with Crippen LogP contribution in [0.2, 0.25) is 0 Å². The van der Waals surface area contributed by atoms with Crippen LogP contribution in [0.3, 0.4) is 0 Å². The zero-order valence-corrected chi connectivity index (χ0v) is 27.6. The summed E-state index contributed by atoms with van der Waals surface area (Å²) in [6.45, 7) is 1.66. The van der Waals surface area contributed by atoms with Crippen molar-refractivity contribution in [1.29, 1.82) is 0 Å². The second-order valence-electron chi connectivity index (χ2n) is 7.10. The third-order valence-electron chi connectivity index (χ3n) is 4.58. The van der Waals surface area contributed by atoms with Gasteiger partial charge in [0.1, 0.15) is 0 Å². The second-order valence-corrected chi connectivity index (χ2v) is 14.2. The standard InChI is InChI=1S/C11H10O3S.2C5Cl6/c1-8-6-9-4-2-3-5-10(9)7-11(8)15(12,13)14;2*6-1-2(7)4(9)5(10,11)3(1)8/h2-7H,1H3,(H,12,13,14);;. The fraction of sp³-hybridized carbons (Fsp3) is 0.143. The molecule has 0 saturated carbocycles. The maximum absolute atomic E-state index is 11.1. The Bertz CT molecular complexity index is 1380. The van der Waals surface area contributed by atoms with Gasteiger partial charge in [0.2, 0.25) is 0 Å². The van der Waals surface area contributed by atoms with E-state index in [4.69, 9.17) is 144 Å². The van der Waals surface area contributed by atoms with Crippen molar-refractivity contribution in [2.75, 3.05) is 0 Å². The average Bonchev–Trinajstić information content (AvgIpc) is 3.04. The number of rotatable bonds is 1. The SMILES string of the molecule is Cc1cc2ccccc2cc1S(=O)(=O)O.ClC1=C(Cl)C(Cl)(Cl)C(Cl)=C1Cl.ClC1=C(Cl)C(Cl)(Cl)C(Cl)=C1Cl. The van der Waals surface area contributed by atoms with Crippen molar-refractivity contribution >= 4 is 160 Å². The Morgan fingerprint density at radius 2 is 0.919 bits per heavy atom. The third kappa shape index (κ3) is 7.47. The molecule has 202 valence electrons. The number of halogens is 12. The minimum Gasteiger partial charge on any atom is -0.282 e. The van der Waals surface area contributed by atoms with Gasteiger partial charge in [0.25, 0.3) is 10.1 Å². The van der Waals surface area contributed by atoms with Crippen molar-refractivity contribution < 1.29 is 13.0 Å². The predicted molar refractivity (Wildman–Crippen MR) is 162 cm³/mol. The van der Waals surface area contributed by atoms with Crippen molar-refractivity contribution in [3.63, 3.8) is 0 Å². The Hall–Kier alpha value is 1.05. The molecule has 0 fully saturated rings. The lowest BCUT2D eigenvalue weighted by atomic mass is 10.1. The molecular formula is C21H10Cl12O3S. The van der Waals surface area contributed by atoms with Crippen molar-refractivity contribution in [2.24, 2.45) is 0 Å². The molecule has 4 rings (SSSR count). The van der Waals surface area contributed by atoms with Crippen LogP contribution >= 0.6 is 139 Å². The number of hydrogen-bond acceptors (Lipinski definition) is 2. The molecule has 16 heteroatoms. The smallest absolute Gasteiger partial charge is 0.282 e. The summed E-state index contributed by atoms with van der Waals surface area (Å²) in [7, 11) is -4.12. The van der Waals surface area contributed by atoms with E-state index in [0.29, 0.717) is 5.56 Å². The summed E-state index contributed by atoms with van der Waals surface area (Å²) in [5.41, 5.74) is 0.552. The lowest BCUT2D eigenvalue weighted by molar-refractivity contribution is 0.482. The number of aryl methyl sites for hydroxylation is 1. The highest BCUT2D eigenvalue weighted by atomic mass is 35.5. The van der Waals surface area contributed by atoms with Gasteiger partial charge in [-0.05, 0) is 29.3 Å². The zero-order valence-electron chi connectivity index (χ0n) is 17.7. The summed E-state index contributed by atoms with van der Waals surface area (Å²) in [4.78, 5) is -0.0267. The first-order valence-electron chi connectivity index (χ1n) is 9.22.